The molecule has 2 aliphatic heterocycles. The van der Waals surface area contributed by atoms with Gasteiger partial charge in [0.15, 0.2) is 0 Å². The van der Waals surface area contributed by atoms with E-state index in [2.05, 4.69) is 11.4 Å². The lowest BCUT2D eigenvalue weighted by molar-refractivity contribution is -0.121. The standard InChI is InChI=1S/C11H16N2OS3/c12-8-11(1-3-15-4-2-11)13-10(14)9-7-16-5-6-17-9/h9H,1-7H2,(H,13,14). The summed E-state index contributed by atoms with van der Waals surface area (Å²) in [7, 11) is 0. The van der Waals surface area contributed by atoms with Crippen LogP contribution in [-0.2, 0) is 4.79 Å². The normalized spacial score (nSPS) is 28.1. The van der Waals surface area contributed by atoms with Gasteiger partial charge in [0.05, 0.1) is 11.3 Å². The van der Waals surface area contributed by atoms with E-state index < -0.39 is 5.54 Å². The van der Waals surface area contributed by atoms with Gasteiger partial charge in [-0.3, -0.25) is 4.79 Å². The molecule has 0 radical (unpaired) electrons. The molecule has 2 saturated heterocycles. The van der Waals surface area contributed by atoms with Gasteiger partial charge in [-0.05, 0) is 24.3 Å². The molecule has 2 rings (SSSR count). The predicted molar refractivity (Wildman–Crippen MR) is 76.6 cm³/mol. The molecular formula is C11H16N2OS3. The van der Waals surface area contributed by atoms with E-state index in [0.29, 0.717) is 0 Å². The third kappa shape index (κ3) is 3.49. The number of nitriles is 1. The van der Waals surface area contributed by atoms with Gasteiger partial charge in [0.1, 0.15) is 5.54 Å². The summed E-state index contributed by atoms with van der Waals surface area (Å²) in [4.78, 5) is 12.1. The molecule has 0 aromatic carbocycles. The third-order valence-electron chi connectivity index (χ3n) is 3.03. The van der Waals surface area contributed by atoms with E-state index in [9.17, 15) is 10.1 Å². The minimum atomic E-state index is -0.592. The molecule has 2 heterocycles. The van der Waals surface area contributed by atoms with Crippen LogP contribution in [0.15, 0.2) is 0 Å². The number of nitrogens with zero attached hydrogens (tertiary/aromatic N) is 1. The zero-order valence-corrected chi connectivity index (χ0v) is 12.1. The fourth-order valence-electron chi connectivity index (χ4n) is 1.94. The highest BCUT2D eigenvalue weighted by Gasteiger charge is 2.36. The van der Waals surface area contributed by atoms with E-state index in [0.717, 1.165) is 41.6 Å². The number of hydrogen-bond donors (Lipinski definition) is 1. The minimum Gasteiger partial charge on any atom is -0.337 e. The zero-order valence-electron chi connectivity index (χ0n) is 9.61. The molecule has 2 aliphatic rings. The van der Waals surface area contributed by atoms with Crippen LogP contribution >= 0.6 is 35.3 Å². The first kappa shape index (κ1) is 13.4. The largest absolute Gasteiger partial charge is 0.337 e. The van der Waals surface area contributed by atoms with E-state index in [1.54, 1.807) is 11.8 Å². The molecule has 0 bridgehead atoms. The van der Waals surface area contributed by atoms with E-state index in [1.807, 2.05) is 23.5 Å². The molecule has 1 amide bonds. The van der Waals surface area contributed by atoms with Crippen LogP contribution in [-0.4, -0.2) is 45.5 Å². The van der Waals surface area contributed by atoms with Gasteiger partial charge < -0.3 is 5.32 Å². The Morgan fingerprint density at radius 3 is 2.59 bits per heavy atom. The quantitative estimate of drug-likeness (QED) is 0.839. The Labute approximate surface area is 115 Å². The topological polar surface area (TPSA) is 52.9 Å². The molecule has 0 aliphatic carbocycles. The Balaban J connectivity index is 1.93. The van der Waals surface area contributed by atoms with Crippen molar-refractivity contribution in [3.63, 3.8) is 0 Å². The maximum absolute atomic E-state index is 12.1. The van der Waals surface area contributed by atoms with Crippen LogP contribution in [0.3, 0.4) is 0 Å². The third-order valence-corrected chi connectivity index (χ3v) is 6.77. The van der Waals surface area contributed by atoms with Crippen molar-refractivity contribution >= 4 is 41.2 Å². The minimum absolute atomic E-state index is 0.0357. The highest BCUT2D eigenvalue weighted by atomic mass is 32.2. The first-order chi connectivity index (χ1) is 8.26. The van der Waals surface area contributed by atoms with Gasteiger partial charge in [-0.1, -0.05) is 0 Å². The molecule has 2 fully saturated rings. The average molecular weight is 288 g/mol. The Kier molecular flexibility index (Phi) is 4.95. The number of hydrogen-bond acceptors (Lipinski definition) is 5. The van der Waals surface area contributed by atoms with Crippen molar-refractivity contribution in [3.8, 4) is 6.07 Å². The number of thioether (sulfide) groups is 3. The first-order valence-corrected chi connectivity index (χ1v) is 9.12. The van der Waals surface area contributed by atoms with Crippen LogP contribution in [0, 0.1) is 11.3 Å². The van der Waals surface area contributed by atoms with Crippen molar-refractivity contribution in [2.75, 3.05) is 28.8 Å². The van der Waals surface area contributed by atoms with Crippen LogP contribution < -0.4 is 5.32 Å². The van der Waals surface area contributed by atoms with Gasteiger partial charge in [0, 0.05) is 17.3 Å². The monoisotopic (exact) mass is 288 g/mol. The van der Waals surface area contributed by atoms with Crippen LogP contribution in [0.4, 0.5) is 0 Å². The van der Waals surface area contributed by atoms with Gasteiger partial charge in [-0.25, -0.2) is 0 Å². The fourth-order valence-corrected chi connectivity index (χ4v) is 5.69. The molecule has 94 valence electrons. The maximum Gasteiger partial charge on any atom is 0.235 e. The summed E-state index contributed by atoms with van der Waals surface area (Å²) in [5.74, 6) is 5.07. The Bertz CT molecular complexity index is 317. The molecule has 17 heavy (non-hydrogen) atoms. The molecule has 0 aromatic heterocycles. The number of carbonyl (C=O) groups is 1. The lowest BCUT2D eigenvalue weighted by atomic mass is 9.94. The summed E-state index contributed by atoms with van der Waals surface area (Å²) in [6, 6.07) is 2.33. The zero-order chi connectivity index (χ0) is 12.1. The van der Waals surface area contributed by atoms with Crippen molar-refractivity contribution in [3.05, 3.63) is 0 Å². The summed E-state index contributed by atoms with van der Waals surface area (Å²) in [6.45, 7) is 0. The molecule has 1 unspecified atom stereocenters. The second-order valence-electron chi connectivity index (χ2n) is 4.23. The van der Waals surface area contributed by atoms with E-state index in [-0.39, 0.29) is 11.2 Å². The molecule has 0 saturated carbocycles. The number of carbonyl (C=O) groups excluding carboxylic acids is 1. The van der Waals surface area contributed by atoms with Crippen LogP contribution in [0.2, 0.25) is 0 Å². The van der Waals surface area contributed by atoms with Crippen molar-refractivity contribution in [1.82, 2.24) is 5.32 Å². The van der Waals surface area contributed by atoms with Crippen molar-refractivity contribution in [2.24, 2.45) is 0 Å². The van der Waals surface area contributed by atoms with Gasteiger partial charge in [-0.2, -0.15) is 28.8 Å². The highest BCUT2D eigenvalue weighted by molar-refractivity contribution is 8.07. The lowest BCUT2D eigenvalue weighted by Crippen LogP contribution is -2.53. The number of nitrogens with one attached hydrogen (secondary N) is 1. The van der Waals surface area contributed by atoms with Crippen LogP contribution in [0.1, 0.15) is 12.8 Å². The van der Waals surface area contributed by atoms with Crippen molar-refractivity contribution in [1.29, 1.82) is 5.26 Å². The summed E-state index contributed by atoms with van der Waals surface area (Å²) in [6.07, 6.45) is 1.56. The Morgan fingerprint density at radius 2 is 2.00 bits per heavy atom. The summed E-state index contributed by atoms with van der Waals surface area (Å²) < 4.78 is 0. The molecular weight excluding hydrogens is 272 g/mol. The number of amides is 1. The highest BCUT2D eigenvalue weighted by Crippen LogP contribution is 2.29. The van der Waals surface area contributed by atoms with Gasteiger partial charge in [0.25, 0.3) is 0 Å². The van der Waals surface area contributed by atoms with E-state index in [1.165, 1.54) is 0 Å². The Morgan fingerprint density at radius 1 is 1.24 bits per heavy atom. The maximum atomic E-state index is 12.1. The van der Waals surface area contributed by atoms with E-state index in [4.69, 9.17) is 0 Å². The lowest BCUT2D eigenvalue weighted by Gasteiger charge is -2.33. The van der Waals surface area contributed by atoms with Crippen molar-refractivity contribution < 1.29 is 4.79 Å². The summed E-state index contributed by atoms with van der Waals surface area (Å²) >= 11 is 5.42. The summed E-state index contributed by atoms with van der Waals surface area (Å²) in [5.41, 5.74) is -0.592. The SMILES string of the molecule is N#CC1(NC(=O)C2CSCCS2)CCSCC1. The molecule has 1 atom stereocenters. The molecule has 0 spiro atoms. The molecule has 3 nitrogen and oxygen atoms in total. The summed E-state index contributed by atoms with van der Waals surface area (Å²) in [5, 5.41) is 12.3. The fraction of sp³-hybridized carbons (Fsp3) is 0.818. The average Bonchev–Trinajstić information content (AvgIpc) is 2.41. The smallest absolute Gasteiger partial charge is 0.235 e. The second-order valence-corrected chi connectivity index (χ2v) is 7.92. The first-order valence-electron chi connectivity index (χ1n) is 5.76. The van der Waals surface area contributed by atoms with Gasteiger partial charge in [-0.15, -0.1) is 11.8 Å². The second kappa shape index (κ2) is 6.26. The molecule has 1 N–H and O–H groups in total. The van der Waals surface area contributed by atoms with Crippen LogP contribution in [0.25, 0.3) is 0 Å². The molecule has 0 aromatic rings. The predicted octanol–water partition coefficient (Wildman–Crippen LogP) is 1.74. The molecule has 6 heteroatoms. The van der Waals surface area contributed by atoms with Crippen LogP contribution in [0.5, 0.6) is 0 Å². The Hall–Kier alpha value is 0.01000. The van der Waals surface area contributed by atoms with Gasteiger partial charge >= 0.3 is 0 Å². The number of rotatable bonds is 2. The van der Waals surface area contributed by atoms with Crippen molar-refractivity contribution in [2.45, 2.75) is 23.6 Å². The van der Waals surface area contributed by atoms with Gasteiger partial charge in [0.2, 0.25) is 5.91 Å². The van der Waals surface area contributed by atoms with E-state index >= 15 is 0 Å².